The highest BCUT2D eigenvalue weighted by atomic mass is 35.5. The van der Waals surface area contributed by atoms with Gasteiger partial charge in [0.2, 0.25) is 5.82 Å². The van der Waals surface area contributed by atoms with Crippen molar-refractivity contribution >= 4 is 28.2 Å². The second kappa shape index (κ2) is 5.62. The van der Waals surface area contributed by atoms with Gasteiger partial charge in [0.15, 0.2) is 0 Å². The number of hydrogen-bond acceptors (Lipinski definition) is 4. The fraction of sp³-hybridized carbons (Fsp3) is 0.600. The molecule has 0 radical (unpaired) electrons. The molecule has 1 aromatic rings. The molecule has 2 heterocycles. The number of nitrogens with one attached hydrogen (secondary N) is 1. The zero-order valence-electron chi connectivity index (χ0n) is 9.71. The highest BCUT2D eigenvalue weighted by Crippen LogP contribution is 2.28. The van der Waals surface area contributed by atoms with Crippen LogP contribution in [0.2, 0.25) is 5.15 Å². The number of aromatic nitrogens is 2. The Morgan fingerprint density at radius 2 is 1.95 bits per heavy atom. The topological polar surface area (TPSA) is 54.9 Å². The summed E-state index contributed by atoms with van der Waals surface area (Å²) < 4.78 is 48.8. The van der Waals surface area contributed by atoms with Crippen LogP contribution in [0.15, 0.2) is 6.07 Å². The predicted octanol–water partition coefficient (Wildman–Crippen LogP) is 2.47. The van der Waals surface area contributed by atoms with Gasteiger partial charge < -0.3 is 5.32 Å². The summed E-state index contributed by atoms with van der Waals surface area (Å²) in [7, 11) is -0.821. The van der Waals surface area contributed by atoms with Gasteiger partial charge in [0, 0.05) is 34.4 Å². The number of nitrogens with zero attached hydrogens (tertiary/aromatic N) is 2. The monoisotopic (exact) mass is 313 g/mol. The molecule has 19 heavy (non-hydrogen) atoms. The normalized spacial score (nSPS) is 24.2. The third-order valence-electron chi connectivity index (χ3n) is 2.69. The molecule has 0 aromatic carbocycles. The first-order valence-electron chi connectivity index (χ1n) is 5.58. The molecule has 1 aliphatic rings. The molecule has 0 atom stereocenters. The summed E-state index contributed by atoms with van der Waals surface area (Å²) >= 11 is 5.56. The van der Waals surface area contributed by atoms with Crippen LogP contribution in [0, 0.1) is 0 Å². The van der Waals surface area contributed by atoms with Gasteiger partial charge >= 0.3 is 6.18 Å². The van der Waals surface area contributed by atoms with Crippen molar-refractivity contribution in [1.29, 1.82) is 0 Å². The van der Waals surface area contributed by atoms with E-state index in [9.17, 15) is 17.4 Å². The lowest BCUT2D eigenvalue weighted by Gasteiger charge is -2.23. The van der Waals surface area contributed by atoms with E-state index in [1.807, 2.05) is 0 Å². The zero-order chi connectivity index (χ0) is 14.0. The lowest BCUT2D eigenvalue weighted by atomic mass is 10.1. The second-order valence-electron chi connectivity index (χ2n) is 4.16. The SMILES string of the molecule is O=S1CCC(Nc2cc(Cl)nc(C(F)(F)F)n2)CC1. The van der Waals surface area contributed by atoms with Crippen molar-refractivity contribution in [3.05, 3.63) is 17.0 Å². The summed E-state index contributed by atoms with van der Waals surface area (Å²) in [6.07, 6.45) is -3.36. The van der Waals surface area contributed by atoms with Gasteiger partial charge in [-0.05, 0) is 12.8 Å². The number of alkyl halides is 3. The Kier molecular flexibility index (Phi) is 4.29. The lowest BCUT2D eigenvalue weighted by Crippen LogP contribution is -2.30. The molecule has 1 aliphatic heterocycles. The molecule has 4 nitrogen and oxygen atoms in total. The molecule has 1 saturated heterocycles. The Balaban J connectivity index is 2.12. The van der Waals surface area contributed by atoms with Crippen molar-refractivity contribution < 1.29 is 17.4 Å². The first-order chi connectivity index (χ1) is 8.84. The zero-order valence-corrected chi connectivity index (χ0v) is 11.3. The molecule has 1 fully saturated rings. The van der Waals surface area contributed by atoms with Gasteiger partial charge in [0.1, 0.15) is 11.0 Å². The molecule has 106 valence electrons. The lowest BCUT2D eigenvalue weighted by molar-refractivity contribution is -0.144. The van der Waals surface area contributed by atoms with E-state index in [1.165, 1.54) is 6.07 Å². The molecule has 0 amide bonds. The largest absolute Gasteiger partial charge is 0.451 e. The average Bonchev–Trinajstić information content (AvgIpc) is 2.30. The Labute approximate surface area is 115 Å². The first-order valence-corrected chi connectivity index (χ1v) is 7.44. The van der Waals surface area contributed by atoms with Gasteiger partial charge in [-0.2, -0.15) is 13.2 Å². The smallest absolute Gasteiger partial charge is 0.367 e. The summed E-state index contributed by atoms with van der Waals surface area (Å²) in [5.74, 6) is -0.127. The third-order valence-corrected chi connectivity index (χ3v) is 4.26. The van der Waals surface area contributed by atoms with Gasteiger partial charge in [0.05, 0.1) is 0 Å². The molecular formula is C10H11ClF3N3OS. The first kappa shape index (κ1) is 14.5. The molecular weight excluding hydrogens is 303 g/mol. The third kappa shape index (κ3) is 4.04. The van der Waals surface area contributed by atoms with Gasteiger partial charge in [-0.1, -0.05) is 11.6 Å². The quantitative estimate of drug-likeness (QED) is 0.852. The number of rotatable bonds is 2. The van der Waals surface area contributed by atoms with Gasteiger partial charge in [-0.25, -0.2) is 9.97 Å². The minimum Gasteiger partial charge on any atom is -0.367 e. The molecule has 9 heteroatoms. The van der Waals surface area contributed by atoms with Crippen molar-refractivity contribution in [1.82, 2.24) is 9.97 Å². The standard InChI is InChI=1S/C10H11ClF3N3OS/c11-7-5-8(17-9(16-7)10(12,13)14)15-6-1-3-19(18)4-2-6/h5-6H,1-4H2,(H,15,16,17). The minimum atomic E-state index is -4.63. The maximum absolute atomic E-state index is 12.5. The van der Waals surface area contributed by atoms with Crippen LogP contribution in [-0.2, 0) is 17.0 Å². The van der Waals surface area contributed by atoms with Gasteiger partial charge in [-0.3, -0.25) is 4.21 Å². The molecule has 0 bridgehead atoms. The maximum Gasteiger partial charge on any atom is 0.451 e. The summed E-state index contributed by atoms with van der Waals surface area (Å²) in [4.78, 5) is 6.56. The van der Waals surface area contributed by atoms with Crippen LogP contribution in [0.4, 0.5) is 19.0 Å². The van der Waals surface area contributed by atoms with E-state index in [2.05, 4.69) is 15.3 Å². The Morgan fingerprint density at radius 1 is 1.32 bits per heavy atom. The van der Waals surface area contributed by atoms with E-state index in [-0.39, 0.29) is 17.0 Å². The molecule has 0 saturated carbocycles. The fourth-order valence-corrected chi connectivity index (χ4v) is 3.25. The van der Waals surface area contributed by atoms with E-state index in [0.29, 0.717) is 24.3 Å². The maximum atomic E-state index is 12.5. The Hall–Kier alpha value is -0.890. The van der Waals surface area contributed by atoms with Crippen molar-refractivity contribution in [2.75, 3.05) is 16.8 Å². The van der Waals surface area contributed by atoms with E-state index < -0.39 is 22.8 Å². The second-order valence-corrected chi connectivity index (χ2v) is 6.25. The van der Waals surface area contributed by atoms with Crippen LogP contribution in [0.5, 0.6) is 0 Å². The predicted molar refractivity (Wildman–Crippen MR) is 66.6 cm³/mol. The van der Waals surface area contributed by atoms with E-state index >= 15 is 0 Å². The summed E-state index contributed by atoms with van der Waals surface area (Å²) in [5.41, 5.74) is 0. The summed E-state index contributed by atoms with van der Waals surface area (Å²) in [5, 5.41) is 2.62. The van der Waals surface area contributed by atoms with Crippen molar-refractivity contribution in [2.24, 2.45) is 0 Å². The number of hydrogen-bond donors (Lipinski definition) is 1. The van der Waals surface area contributed by atoms with Crippen LogP contribution in [0.25, 0.3) is 0 Å². The van der Waals surface area contributed by atoms with Gasteiger partial charge in [0.25, 0.3) is 0 Å². The van der Waals surface area contributed by atoms with E-state index in [4.69, 9.17) is 11.6 Å². The number of anilines is 1. The number of halogens is 4. The van der Waals surface area contributed by atoms with Crippen LogP contribution >= 0.6 is 11.6 Å². The molecule has 0 spiro atoms. The average molecular weight is 314 g/mol. The highest BCUT2D eigenvalue weighted by Gasteiger charge is 2.35. The van der Waals surface area contributed by atoms with Crippen LogP contribution < -0.4 is 5.32 Å². The Morgan fingerprint density at radius 3 is 2.53 bits per heavy atom. The summed E-state index contributed by atoms with van der Waals surface area (Å²) in [6, 6.07) is 1.22. The molecule has 0 aliphatic carbocycles. The molecule has 1 aromatic heterocycles. The van der Waals surface area contributed by atoms with E-state index in [1.54, 1.807) is 0 Å². The van der Waals surface area contributed by atoms with Crippen LogP contribution in [-0.4, -0.2) is 31.7 Å². The van der Waals surface area contributed by atoms with Crippen molar-refractivity contribution in [3.63, 3.8) is 0 Å². The Bertz CT molecular complexity index is 487. The van der Waals surface area contributed by atoms with Crippen LogP contribution in [0.3, 0.4) is 0 Å². The molecule has 0 unspecified atom stereocenters. The van der Waals surface area contributed by atoms with Gasteiger partial charge in [-0.15, -0.1) is 0 Å². The molecule has 2 rings (SSSR count). The fourth-order valence-electron chi connectivity index (χ4n) is 1.77. The van der Waals surface area contributed by atoms with Crippen LogP contribution in [0.1, 0.15) is 18.7 Å². The van der Waals surface area contributed by atoms with Crippen molar-refractivity contribution in [2.45, 2.75) is 25.1 Å². The van der Waals surface area contributed by atoms with Crippen molar-refractivity contribution in [3.8, 4) is 0 Å². The summed E-state index contributed by atoms with van der Waals surface area (Å²) in [6.45, 7) is 0. The van der Waals surface area contributed by atoms with E-state index in [0.717, 1.165) is 0 Å². The minimum absolute atomic E-state index is 0.0373. The molecule has 1 N–H and O–H groups in total. The highest BCUT2D eigenvalue weighted by molar-refractivity contribution is 7.85.